The Morgan fingerprint density at radius 1 is 0.857 bits per heavy atom. The molecule has 0 atom stereocenters. The number of rotatable bonds is 3. The molecule has 0 heterocycles. The first kappa shape index (κ1) is 13.4. The Bertz CT molecular complexity index is 741. The number of ketones is 2. The Labute approximate surface area is 119 Å². The van der Waals surface area contributed by atoms with Crippen LogP contribution in [0.2, 0.25) is 0 Å². The predicted octanol–water partition coefficient (Wildman–Crippen LogP) is 3.14. The zero-order chi connectivity index (χ0) is 15.0. The van der Waals surface area contributed by atoms with Crippen LogP contribution >= 0.6 is 0 Å². The molecule has 0 amide bonds. The van der Waals surface area contributed by atoms with Gasteiger partial charge in [-0.15, -0.1) is 0 Å². The van der Waals surface area contributed by atoms with Crippen LogP contribution in [-0.4, -0.2) is 24.5 Å². The van der Waals surface area contributed by atoms with Crippen LogP contribution in [0.3, 0.4) is 0 Å². The third-order valence-electron chi connectivity index (χ3n) is 3.40. The molecule has 1 aliphatic rings. The van der Waals surface area contributed by atoms with E-state index in [1.807, 2.05) is 0 Å². The Balaban J connectivity index is 2.12. The summed E-state index contributed by atoms with van der Waals surface area (Å²) in [4.78, 5) is 25.0. The maximum Gasteiger partial charge on any atom is 0.255 e. The highest BCUT2D eigenvalue weighted by atomic mass is 19.3. The zero-order valence-corrected chi connectivity index (χ0v) is 10.9. The minimum absolute atomic E-state index is 0.168. The lowest BCUT2D eigenvalue weighted by Gasteiger charge is -2.20. The smallest absolute Gasteiger partial charge is 0.255 e. The zero-order valence-electron chi connectivity index (χ0n) is 10.9. The third-order valence-corrected chi connectivity index (χ3v) is 3.40. The summed E-state index contributed by atoms with van der Waals surface area (Å²) in [6, 6.07) is 11.2. The molecule has 3 rings (SSSR count). The molecular weight excluding hydrogens is 276 g/mol. The molecular formula is C16H11F2NO2. The molecule has 0 saturated heterocycles. The molecule has 3 nitrogen and oxygen atoms in total. The standard InChI is InChI=1S/C16H11F2NO2/c17-13(18)8-19-12-7-3-6-11-14(12)16(21)10-5-2-1-4-9(10)15(11)20/h1-7,13,19H,8H2. The third kappa shape index (κ3) is 2.20. The quantitative estimate of drug-likeness (QED) is 0.805. The molecule has 0 radical (unpaired) electrons. The van der Waals surface area contributed by atoms with Gasteiger partial charge >= 0.3 is 0 Å². The molecule has 106 valence electrons. The van der Waals surface area contributed by atoms with E-state index in [0.29, 0.717) is 11.1 Å². The van der Waals surface area contributed by atoms with Crippen LogP contribution in [0, 0.1) is 0 Å². The molecule has 0 unspecified atom stereocenters. The first-order chi connectivity index (χ1) is 10.1. The second-order valence-electron chi connectivity index (χ2n) is 4.70. The van der Waals surface area contributed by atoms with E-state index in [9.17, 15) is 18.4 Å². The number of anilines is 1. The number of alkyl halides is 2. The molecule has 1 N–H and O–H groups in total. The van der Waals surface area contributed by atoms with E-state index in [-0.39, 0.29) is 28.4 Å². The van der Waals surface area contributed by atoms with Gasteiger partial charge in [0.15, 0.2) is 11.6 Å². The molecule has 2 aromatic rings. The maximum atomic E-state index is 12.5. The van der Waals surface area contributed by atoms with Crippen molar-refractivity contribution in [2.24, 2.45) is 0 Å². The molecule has 0 aromatic heterocycles. The van der Waals surface area contributed by atoms with Crippen molar-refractivity contribution >= 4 is 17.3 Å². The summed E-state index contributed by atoms with van der Waals surface area (Å²) in [5.74, 6) is -0.585. The monoisotopic (exact) mass is 287 g/mol. The fourth-order valence-corrected chi connectivity index (χ4v) is 2.48. The van der Waals surface area contributed by atoms with Gasteiger partial charge < -0.3 is 5.32 Å². The van der Waals surface area contributed by atoms with Crippen molar-refractivity contribution in [3.8, 4) is 0 Å². The van der Waals surface area contributed by atoms with E-state index < -0.39 is 13.0 Å². The minimum Gasteiger partial charge on any atom is -0.379 e. The average Bonchev–Trinajstić information content (AvgIpc) is 2.50. The predicted molar refractivity (Wildman–Crippen MR) is 74.2 cm³/mol. The van der Waals surface area contributed by atoms with Gasteiger partial charge in [0.25, 0.3) is 6.43 Å². The summed E-state index contributed by atoms with van der Waals surface area (Å²) >= 11 is 0. The van der Waals surface area contributed by atoms with Crippen molar-refractivity contribution in [3.63, 3.8) is 0 Å². The lowest BCUT2D eigenvalue weighted by Crippen LogP contribution is -2.23. The number of carbonyl (C=O) groups excluding carboxylic acids is 2. The van der Waals surface area contributed by atoms with Gasteiger partial charge in [0.05, 0.1) is 12.1 Å². The molecule has 21 heavy (non-hydrogen) atoms. The largest absolute Gasteiger partial charge is 0.379 e. The van der Waals surface area contributed by atoms with Crippen molar-refractivity contribution < 1.29 is 18.4 Å². The summed E-state index contributed by atoms with van der Waals surface area (Å²) in [6.45, 7) is -0.570. The van der Waals surface area contributed by atoms with Gasteiger partial charge in [0.1, 0.15) is 0 Å². The number of nitrogens with one attached hydrogen (secondary N) is 1. The molecule has 5 heteroatoms. The van der Waals surface area contributed by atoms with Crippen molar-refractivity contribution in [3.05, 3.63) is 64.7 Å². The van der Waals surface area contributed by atoms with Crippen LogP contribution in [0.5, 0.6) is 0 Å². The van der Waals surface area contributed by atoms with Crippen molar-refractivity contribution in [1.29, 1.82) is 0 Å². The van der Waals surface area contributed by atoms with Crippen LogP contribution in [0.15, 0.2) is 42.5 Å². The van der Waals surface area contributed by atoms with Crippen LogP contribution in [0.25, 0.3) is 0 Å². The summed E-state index contributed by atoms with van der Waals surface area (Å²) in [6.07, 6.45) is -2.54. The van der Waals surface area contributed by atoms with Gasteiger partial charge in [0.2, 0.25) is 0 Å². The topological polar surface area (TPSA) is 46.2 Å². The second kappa shape index (κ2) is 5.09. The molecule has 0 bridgehead atoms. The Kier molecular flexibility index (Phi) is 3.25. The molecule has 1 aliphatic carbocycles. The highest BCUT2D eigenvalue weighted by molar-refractivity contribution is 6.30. The summed E-state index contributed by atoms with van der Waals surface area (Å²) in [7, 11) is 0. The maximum absolute atomic E-state index is 12.5. The Morgan fingerprint density at radius 2 is 1.48 bits per heavy atom. The highest BCUT2D eigenvalue weighted by Gasteiger charge is 2.31. The van der Waals surface area contributed by atoms with E-state index in [2.05, 4.69) is 5.32 Å². The van der Waals surface area contributed by atoms with Crippen LogP contribution in [0.1, 0.15) is 31.8 Å². The molecule has 0 aliphatic heterocycles. The molecule has 2 aromatic carbocycles. The fraction of sp³-hybridized carbons (Fsp3) is 0.125. The van der Waals surface area contributed by atoms with Crippen molar-refractivity contribution in [2.45, 2.75) is 6.43 Å². The van der Waals surface area contributed by atoms with Crippen molar-refractivity contribution in [1.82, 2.24) is 0 Å². The number of fused-ring (bicyclic) bond motifs is 2. The van der Waals surface area contributed by atoms with Crippen LogP contribution in [0.4, 0.5) is 14.5 Å². The number of hydrogen-bond donors (Lipinski definition) is 1. The SMILES string of the molecule is O=C1c2ccccc2C(=O)c2c(NCC(F)F)cccc21. The van der Waals surface area contributed by atoms with E-state index in [4.69, 9.17) is 0 Å². The Hall–Kier alpha value is -2.56. The van der Waals surface area contributed by atoms with Crippen molar-refractivity contribution in [2.75, 3.05) is 11.9 Å². The number of halogens is 2. The number of hydrogen-bond acceptors (Lipinski definition) is 3. The van der Waals surface area contributed by atoms with Gasteiger partial charge in [0, 0.05) is 22.4 Å². The summed E-state index contributed by atoms with van der Waals surface area (Å²) < 4.78 is 24.7. The summed E-state index contributed by atoms with van der Waals surface area (Å²) in [5.41, 5.74) is 1.34. The molecule has 0 saturated carbocycles. The van der Waals surface area contributed by atoms with Gasteiger partial charge in [-0.25, -0.2) is 8.78 Å². The normalized spacial score (nSPS) is 13.1. The van der Waals surface area contributed by atoms with Crippen LogP contribution in [-0.2, 0) is 0 Å². The van der Waals surface area contributed by atoms with Crippen LogP contribution < -0.4 is 5.32 Å². The lowest BCUT2D eigenvalue weighted by molar-refractivity contribution is 0.0979. The average molecular weight is 287 g/mol. The summed E-state index contributed by atoms with van der Waals surface area (Å²) in [5, 5.41) is 2.53. The number of carbonyl (C=O) groups is 2. The van der Waals surface area contributed by atoms with Gasteiger partial charge in [-0.2, -0.15) is 0 Å². The lowest BCUT2D eigenvalue weighted by atomic mass is 9.83. The first-order valence-electron chi connectivity index (χ1n) is 6.43. The first-order valence-corrected chi connectivity index (χ1v) is 6.43. The van der Waals surface area contributed by atoms with E-state index >= 15 is 0 Å². The minimum atomic E-state index is -2.54. The van der Waals surface area contributed by atoms with Gasteiger partial charge in [-0.3, -0.25) is 9.59 Å². The van der Waals surface area contributed by atoms with Gasteiger partial charge in [-0.1, -0.05) is 36.4 Å². The highest BCUT2D eigenvalue weighted by Crippen LogP contribution is 2.31. The fourth-order valence-electron chi connectivity index (χ4n) is 2.48. The Morgan fingerprint density at radius 3 is 2.14 bits per heavy atom. The molecule has 0 fully saturated rings. The van der Waals surface area contributed by atoms with Gasteiger partial charge in [-0.05, 0) is 6.07 Å². The molecule has 0 spiro atoms. The number of benzene rings is 2. The van der Waals surface area contributed by atoms with E-state index in [0.717, 1.165) is 0 Å². The van der Waals surface area contributed by atoms with E-state index in [1.165, 1.54) is 6.07 Å². The van der Waals surface area contributed by atoms with E-state index in [1.54, 1.807) is 36.4 Å². The second-order valence-corrected chi connectivity index (χ2v) is 4.70.